The zero-order valence-electron chi connectivity index (χ0n) is 17.7. The highest BCUT2D eigenvalue weighted by Gasteiger charge is 2.26. The molecule has 0 bridgehead atoms. The summed E-state index contributed by atoms with van der Waals surface area (Å²) in [7, 11) is 0. The molecule has 2 unspecified atom stereocenters. The van der Waals surface area contributed by atoms with Gasteiger partial charge in [-0.15, -0.1) is 0 Å². The van der Waals surface area contributed by atoms with E-state index in [-0.39, 0.29) is 30.5 Å². The molecule has 1 amide bonds. The van der Waals surface area contributed by atoms with Crippen molar-refractivity contribution in [3.8, 4) is 0 Å². The van der Waals surface area contributed by atoms with Gasteiger partial charge in [0.15, 0.2) is 5.69 Å². The van der Waals surface area contributed by atoms with E-state index in [1.807, 2.05) is 74.5 Å². The third kappa shape index (κ3) is 6.26. The zero-order valence-corrected chi connectivity index (χ0v) is 17.7. The maximum absolute atomic E-state index is 12.8. The number of aromatic nitrogens is 1. The molecule has 3 rings (SSSR count). The topological polar surface area (TPSA) is 107 Å². The molecule has 0 saturated heterocycles. The fourth-order valence-corrected chi connectivity index (χ4v) is 2.93. The predicted octanol–water partition coefficient (Wildman–Crippen LogP) is 3.41. The SMILES string of the molecule is CC(C)C(N)c1nc(C(=O)NC(Cc2ccccc2)C(=O)OCc2ccccc2)co1. The molecule has 0 spiro atoms. The van der Waals surface area contributed by atoms with Crippen molar-refractivity contribution in [2.24, 2.45) is 11.7 Å². The Hall–Kier alpha value is -3.45. The molecule has 1 aromatic heterocycles. The number of amides is 1. The Bertz CT molecular complexity index is 986. The van der Waals surface area contributed by atoms with Gasteiger partial charge in [-0.2, -0.15) is 0 Å². The third-order valence-electron chi connectivity index (χ3n) is 4.85. The first-order valence-corrected chi connectivity index (χ1v) is 10.2. The molecule has 0 fully saturated rings. The second-order valence-corrected chi connectivity index (χ2v) is 7.65. The second-order valence-electron chi connectivity index (χ2n) is 7.65. The quantitative estimate of drug-likeness (QED) is 0.513. The highest BCUT2D eigenvalue weighted by atomic mass is 16.5. The summed E-state index contributed by atoms with van der Waals surface area (Å²) in [4.78, 5) is 29.7. The Morgan fingerprint density at radius 3 is 2.26 bits per heavy atom. The number of ether oxygens (including phenoxy) is 1. The second kappa shape index (κ2) is 10.5. The first-order chi connectivity index (χ1) is 14.9. The monoisotopic (exact) mass is 421 g/mol. The van der Waals surface area contributed by atoms with Gasteiger partial charge in [0.1, 0.15) is 18.9 Å². The molecule has 7 nitrogen and oxygen atoms in total. The van der Waals surface area contributed by atoms with Crippen LogP contribution >= 0.6 is 0 Å². The van der Waals surface area contributed by atoms with Gasteiger partial charge in [-0.05, 0) is 17.0 Å². The number of hydrogen-bond donors (Lipinski definition) is 2. The summed E-state index contributed by atoms with van der Waals surface area (Å²) < 4.78 is 10.8. The summed E-state index contributed by atoms with van der Waals surface area (Å²) >= 11 is 0. The van der Waals surface area contributed by atoms with E-state index in [9.17, 15) is 9.59 Å². The summed E-state index contributed by atoms with van der Waals surface area (Å²) in [6, 6.07) is 17.5. The fraction of sp³-hybridized carbons (Fsp3) is 0.292. The van der Waals surface area contributed by atoms with Gasteiger partial charge in [0.25, 0.3) is 5.91 Å². The molecule has 3 aromatic rings. The highest BCUT2D eigenvalue weighted by Crippen LogP contribution is 2.18. The van der Waals surface area contributed by atoms with Gasteiger partial charge in [-0.1, -0.05) is 74.5 Å². The lowest BCUT2D eigenvalue weighted by molar-refractivity contribution is -0.147. The summed E-state index contributed by atoms with van der Waals surface area (Å²) in [6.07, 6.45) is 1.54. The lowest BCUT2D eigenvalue weighted by atomic mass is 10.1. The van der Waals surface area contributed by atoms with E-state index in [4.69, 9.17) is 14.9 Å². The van der Waals surface area contributed by atoms with Crippen molar-refractivity contribution in [1.29, 1.82) is 0 Å². The molecule has 7 heteroatoms. The van der Waals surface area contributed by atoms with Crippen LogP contribution in [0.3, 0.4) is 0 Å². The van der Waals surface area contributed by atoms with E-state index in [0.29, 0.717) is 0 Å². The number of rotatable bonds is 9. The lowest BCUT2D eigenvalue weighted by Crippen LogP contribution is -2.43. The minimum absolute atomic E-state index is 0.0695. The molecular weight excluding hydrogens is 394 g/mol. The Labute approximate surface area is 181 Å². The Balaban J connectivity index is 1.71. The van der Waals surface area contributed by atoms with Gasteiger partial charge in [0.05, 0.1) is 6.04 Å². The molecule has 2 aromatic carbocycles. The number of carbonyl (C=O) groups excluding carboxylic acids is 2. The van der Waals surface area contributed by atoms with Gasteiger partial charge < -0.3 is 20.2 Å². The van der Waals surface area contributed by atoms with Crippen LogP contribution in [0.25, 0.3) is 0 Å². The van der Waals surface area contributed by atoms with Crippen LogP contribution in [0.5, 0.6) is 0 Å². The smallest absolute Gasteiger partial charge is 0.329 e. The van der Waals surface area contributed by atoms with Crippen LogP contribution in [-0.2, 0) is 22.6 Å². The van der Waals surface area contributed by atoms with Crippen LogP contribution in [0.2, 0.25) is 0 Å². The molecule has 3 N–H and O–H groups in total. The number of nitrogens with zero attached hydrogens (tertiary/aromatic N) is 1. The average molecular weight is 421 g/mol. The van der Waals surface area contributed by atoms with Crippen LogP contribution in [0.15, 0.2) is 71.3 Å². The standard InChI is InChI=1S/C24H27N3O4/c1-16(2)21(25)23-27-20(15-30-23)22(28)26-19(13-17-9-5-3-6-10-17)24(29)31-14-18-11-7-4-8-12-18/h3-12,15-16,19,21H,13-14,25H2,1-2H3,(H,26,28). The van der Waals surface area contributed by atoms with Crippen LogP contribution in [0.4, 0.5) is 0 Å². The van der Waals surface area contributed by atoms with Crippen LogP contribution in [0.1, 0.15) is 47.4 Å². The Morgan fingerprint density at radius 1 is 1.03 bits per heavy atom. The van der Waals surface area contributed by atoms with Crippen molar-refractivity contribution in [2.75, 3.05) is 0 Å². The lowest BCUT2D eigenvalue weighted by Gasteiger charge is -2.17. The molecule has 31 heavy (non-hydrogen) atoms. The van der Waals surface area contributed by atoms with Gasteiger partial charge in [-0.3, -0.25) is 4.79 Å². The third-order valence-corrected chi connectivity index (χ3v) is 4.85. The van der Waals surface area contributed by atoms with Crippen molar-refractivity contribution in [1.82, 2.24) is 10.3 Å². The first kappa shape index (κ1) is 22.2. The van der Waals surface area contributed by atoms with E-state index < -0.39 is 24.0 Å². The number of benzene rings is 2. The maximum atomic E-state index is 12.8. The number of nitrogens with one attached hydrogen (secondary N) is 1. The molecule has 0 aliphatic rings. The molecule has 2 atom stereocenters. The van der Waals surface area contributed by atoms with E-state index >= 15 is 0 Å². The summed E-state index contributed by atoms with van der Waals surface area (Å²) in [5.74, 6) is -0.660. The van der Waals surface area contributed by atoms with Gasteiger partial charge in [0.2, 0.25) is 5.89 Å². The number of carbonyl (C=O) groups is 2. The molecule has 0 aliphatic heterocycles. The predicted molar refractivity (Wildman–Crippen MR) is 116 cm³/mol. The first-order valence-electron chi connectivity index (χ1n) is 10.2. The fourth-order valence-electron chi connectivity index (χ4n) is 2.93. The van der Waals surface area contributed by atoms with E-state index in [1.165, 1.54) is 6.26 Å². The largest absolute Gasteiger partial charge is 0.459 e. The number of esters is 1. The highest BCUT2D eigenvalue weighted by molar-refractivity contribution is 5.95. The molecular formula is C24H27N3O4. The van der Waals surface area contributed by atoms with Crippen molar-refractivity contribution in [3.05, 3.63) is 89.6 Å². The number of oxazole rings is 1. The Kier molecular flexibility index (Phi) is 7.56. The van der Waals surface area contributed by atoms with Crippen LogP contribution in [-0.4, -0.2) is 22.9 Å². The van der Waals surface area contributed by atoms with Crippen molar-refractivity contribution < 1.29 is 18.7 Å². The maximum Gasteiger partial charge on any atom is 0.329 e. The van der Waals surface area contributed by atoms with Gasteiger partial charge in [0, 0.05) is 6.42 Å². The van der Waals surface area contributed by atoms with E-state index in [0.717, 1.165) is 11.1 Å². The molecule has 0 aliphatic carbocycles. The number of nitrogens with two attached hydrogens (primary N) is 1. The van der Waals surface area contributed by atoms with Crippen LogP contribution < -0.4 is 11.1 Å². The van der Waals surface area contributed by atoms with Crippen LogP contribution in [0, 0.1) is 5.92 Å². The minimum atomic E-state index is -0.877. The Morgan fingerprint density at radius 2 is 1.65 bits per heavy atom. The van der Waals surface area contributed by atoms with E-state index in [1.54, 1.807) is 0 Å². The van der Waals surface area contributed by atoms with Crippen molar-refractivity contribution in [2.45, 2.75) is 39.0 Å². The normalized spacial score (nSPS) is 12.9. The summed E-state index contributed by atoms with van der Waals surface area (Å²) in [6.45, 7) is 4.00. The summed E-state index contributed by atoms with van der Waals surface area (Å²) in [5, 5.41) is 2.72. The van der Waals surface area contributed by atoms with Gasteiger partial charge >= 0.3 is 5.97 Å². The molecule has 162 valence electrons. The molecule has 1 heterocycles. The van der Waals surface area contributed by atoms with E-state index in [2.05, 4.69) is 10.3 Å². The minimum Gasteiger partial charge on any atom is -0.459 e. The molecule has 0 radical (unpaired) electrons. The zero-order chi connectivity index (χ0) is 22.2. The van der Waals surface area contributed by atoms with Crippen molar-refractivity contribution in [3.63, 3.8) is 0 Å². The average Bonchev–Trinajstić information content (AvgIpc) is 3.28. The van der Waals surface area contributed by atoms with Gasteiger partial charge in [-0.25, -0.2) is 9.78 Å². The number of hydrogen-bond acceptors (Lipinski definition) is 6. The van der Waals surface area contributed by atoms with Crippen molar-refractivity contribution >= 4 is 11.9 Å². The summed E-state index contributed by atoms with van der Waals surface area (Å²) in [5.41, 5.74) is 7.87. The molecule has 0 saturated carbocycles.